The molecule has 1 saturated heterocycles. The fraction of sp³-hybridized carbons (Fsp3) is 0.176. The van der Waals surface area contributed by atoms with Gasteiger partial charge in [0.05, 0.1) is 18.2 Å². The number of nitrogens with zero attached hydrogens (tertiary/aromatic N) is 2. The molecule has 4 aromatic carbocycles. The van der Waals surface area contributed by atoms with Gasteiger partial charge in [0.1, 0.15) is 6.04 Å². The Morgan fingerprint density at radius 3 is 2.27 bits per heavy atom. The number of hydrogen-bond acceptors (Lipinski definition) is 3. The monoisotopic (exact) mass is 530 g/mol. The molecule has 1 N–H and O–H groups in total. The fourth-order valence-corrected chi connectivity index (χ4v) is 5.44. The van der Waals surface area contributed by atoms with Crippen LogP contribution in [0.5, 0.6) is 0 Å². The lowest BCUT2D eigenvalue weighted by Crippen LogP contribution is -2.40. The highest BCUT2D eigenvalue weighted by Crippen LogP contribution is 2.27. The molecule has 0 spiro atoms. The summed E-state index contributed by atoms with van der Waals surface area (Å²) in [7, 11) is 0. The molecule has 1 aliphatic heterocycles. The number of carbonyl (C=O) groups excluding carboxylic acids is 1. The summed E-state index contributed by atoms with van der Waals surface area (Å²) in [6.07, 6.45) is 2.03. The SMILES string of the molecule is Cc1ccc2c(ccn2-c2ccc(-c3ccc(C(=O)N4CC(OCc5ccccc5)CC4C(=O)O)cc3)cc2)c1. The lowest BCUT2D eigenvalue weighted by molar-refractivity contribution is -0.141. The molecular weight excluding hydrogens is 500 g/mol. The maximum atomic E-state index is 13.3. The highest BCUT2D eigenvalue weighted by molar-refractivity contribution is 5.97. The van der Waals surface area contributed by atoms with Gasteiger partial charge in [-0.05, 0) is 66.1 Å². The van der Waals surface area contributed by atoms with Gasteiger partial charge in [-0.15, -0.1) is 0 Å². The Labute approximate surface area is 233 Å². The average Bonchev–Trinajstić information content (AvgIpc) is 3.61. The third-order valence-electron chi connectivity index (χ3n) is 7.59. The molecule has 0 saturated carbocycles. The Bertz CT molecular complexity index is 1660. The molecule has 6 rings (SSSR count). The van der Waals surface area contributed by atoms with Crippen LogP contribution >= 0.6 is 0 Å². The Morgan fingerprint density at radius 2 is 1.57 bits per heavy atom. The van der Waals surface area contributed by atoms with Crippen molar-refractivity contribution in [2.45, 2.75) is 32.1 Å². The van der Waals surface area contributed by atoms with Gasteiger partial charge in [-0.2, -0.15) is 0 Å². The number of hydrogen-bond donors (Lipinski definition) is 1. The number of aromatic nitrogens is 1. The zero-order valence-electron chi connectivity index (χ0n) is 22.2. The molecule has 200 valence electrons. The number of carboxylic acid groups (broad SMARTS) is 1. The van der Waals surface area contributed by atoms with Gasteiger partial charge in [-0.25, -0.2) is 4.79 Å². The van der Waals surface area contributed by atoms with E-state index in [1.165, 1.54) is 15.8 Å². The van der Waals surface area contributed by atoms with E-state index in [0.717, 1.165) is 27.9 Å². The Morgan fingerprint density at radius 1 is 0.875 bits per heavy atom. The Hall–Kier alpha value is -4.68. The van der Waals surface area contributed by atoms with Crippen LogP contribution in [0.3, 0.4) is 0 Å². The van der Waals surface area contributed by atoms with Gasteiger partial charge in [0, 0.05) is 35.8 Å². The second-order valence-electron chi connectivity index (χ2n) is 10.3. The molecule has 2 atom stereocenters. The molecule has 5 aromatic rings. The maximum Gasteiger partial charge on any atom is 0.326 e. The number of rotatable bonds is 7. The first-order valence-corrected chi connectivity index (χ1v) is 13.4. The normalized spacial score (nSPS) is 16.9. The second-order valence-corrected chi connectivity index (χ2v) is 10.3. The highest BCUT2D eigenvalue weighted by atomic mass is 16.5. The van der Waals surface area contributed by atoms with Crippen LogP contribution in [0.1, 0.15) is 27.9 Å². The van der Waals surface area contributed by atoms with E-state index in [9.17, 15) is 14.7 Å². The number of fused-ring (bicyclic) bond motifs is 1. The molecule has 2 heterocycles. The second kappa shape index (κ2) is 10.8. The molecule has 1 aromatic heterocycles. The quantitative estimate of drug-likeness (QED) is 0.261. The van der Waals surface area contributed by atoms with E-state index in [4.69, 9.17) is 4.74 Å². The zero-order valence-corrected chi connectivity index (χ0v) is 22.2. The predicted molar refractivity (Wildman–Crippen MR) is 156 cm³/mol. The van der Waals surface area contributed by atoms with E-state index in [1.807, 2.05) is 42.5 Å². The standard InChI is InChI=1S/C34H30N2O4/c1-23-7-16-31-28(19-23)17-18-35(31)29-14-12-26(13-15-29)25-8-10-27(11-9-25)33(37)36-21-30(20-32(36)34(38)39)40-22-24-5-3-2-4-6-24/h2-19,30,32H,20-22H2,1H3,(H,38,39). The molecule has 0 radical (unpaired) electrons. The van der Waals surface area contributed by atoms with Gasteiger partial charge in [-0.3, -0.25) is 4.79 Å². The molecule has 6 heteroatoms. The minimum Gasteiger partial charge on any atom is -0.480 e. The number of carbonyl (C=O) groups is 2. The summed E-state index contributed by atoms with van der Waals surface area (Å²) >= 11 is 0. The number of carboxylic acids is 1. The molecule has 6 nitrogen and oxygen atoms in total. The van der Waals surface area contributed by atoms with Crippen LogP contribution in [0.25, 0.3) is 27.7 Å². The molecule has 40 heavy (non-hydrogen) atoms. The van der Waals surface area contributed by atoms with Crippen molar-refractivity contribution in [1.29, 1.82) is 0 Å². The van der Waals surface area contributed by atoms with E-state index in [1.54, 1.807) is 12.1 Å². The van der Waals surface area contributed by atoms with Crippen molar-refractivity contribution in [3.63, 3.8) is 0 Å². The van der Waals surface area contributed by atoms with Crippen molar-refractivity contribution < 1.29 is 19.4 Å². The van der Waals surface area contributed by atoms with Gasteiger partial charge in [0.25, 0.3) is 5.91 Å². The summed E-state index contributed by atoms with van der Waals surface area (Å²) in [6, 6.07) is 33.1. The Kier molecular flexibility index (Phi) is 6.93. The smallest absolute Gasteiger partial charge is 0.326 e. The van der Waals surface area contributed by atoms with Crippen LogP contribution in [-0.2, 0) is 16.1 Å². The van der Waals surface area contributed by atoms with Gasteiger partial charge in [0.15, 0.2) is 0 Å². The van der Waals surface area contributed by atoms with Gasteiger partial charge in [-0.1, -0.05) is 66.2 Å². The van der Waals surface area contributed by atoms with Crippen molar-refractivity contribution in [3.05, 3.63) is 126 Å². The molecule has 2 unspecified atom stereocenters. The average molecular weight is 531 g/mol. The largest absolute Gasteiger partial charge is 0.480 e. The minimum atomic E-state index is -1.01. The minimum absolute atomic E-state index is 0.249. The molecule has 1 fully saturated rings. The van der Waals surface area contributed by atoms with Crippen LogP contribution < -0.4 is 0 Å². The number of aliphatic carboxylic acids is 1. The van der Waals surface area contributed by atoms with Crippen LogP contribution in [0.2, 0.25) is 0 Å². The van der Waals surface area contributed by atoms with Crippen LogP contribution in [0.4, 0.5) is 0 Å². The van der Waals surface area contributed by atoms with Crippen LogP contribution in [-0.4, -0.2) is 45.1 Å². The Balaban J connectivity index is 1.15. The first-order chi connectivity index (χ1) is 19.5. The van der Waals surface area contributed by atoms with E-state index in [2.05, 4.69) is 66.2 Å². The number of amides is 1. The van der Waals surface area contributed by atoms with E-state index < -0.39 is 12.0 Å². The van der Waals surface area contributed by atoms with Gasteiger partial charge in [0.2, 0.25) is 0 Å². The van der Waals surface area contributed by atoms with Crippen LogP contribution in [0.15, 0.2) is 109 Å². The summed E-state index contributed by atoms with van der Waals surface area (Å²) in [6.45, 7) is 2.73. The molecule has 0 aliphatic carbocycles. The maximum absolute atomic E-state index is 13.3. The molecular formula is C34H30N2O4. The summed E-state index contributed by atoms with van der Waals surface area (Å²) in [5.74, 6) is -1.31. The van der Waals surface area contributed by atoms with Crippen molar-refractivity contribution in [3.8, 4) is 16.8 Å². The molecule has 0 bridgehead atoms. The van der Waals surface area contributed by atoms with Crippen molar-refractivity contribution in [2.75, 3.05) is 6.54 Å². The first-order valence-electron chi connectivity index (χ1n) is 13.4. The topological polar surface area (TPSA) is 71.8 Å². The highest BCUT2D eigenvalue weighted by Gasteiger charge is 2.40. The number of aryl methyl sites for hydroxylation is 1. The van der Waals surface area contributed by atoms with E-state index >= 15 is 0 Å². The summed E-state index contributed by atoms with van der Waals surface area (Å²) < 4.78 is 8.14. The van der Waals surface area contributed by atoms with Gasteiger partial charge >= 0.3 is 5.97 Å². The molecule has 1 amide bonds. The van der Waals surface area contributed by atoms with Gasteiger partial charge < -0.3 is 19.3 Å². The number of likely N-dealkylation sites (tertiary alicyclic amines) is 1. The third kappa shape index (κ3) is 5.14. The van der Waals surface area contributed by atoms with Crippen LogP contribution in [0, 0.1) is 6.92 Å². The van der Waals surface area contributed by atoms with Crippen molar-refractivity contribution in [2.24, 2.45) is 0 Å². The lowest BCUT2D eigenvalue weighted by atomic mass is 10.0. The van der Waals surface area contributed by atoms with Crippen molar-refractivity contribution >= 4 is 22.8 Å². The summed E-state index contributed by atoms with van der Waals surface area (Å²) in [4.78, 5) is 26.7. The number of ether oxygens (including phenoxy) is 1. The summed E-state index contributed by atoms with van der Waals surface area (Å²) in [5, 5.41) is 11.0. The van der Waals surface area contributed by atoms with E-state index in [0.29, 0.717) is 12.2 Å². The first kappa shape index (κ1) is 25.6. The van der Waals surface area contributed by atoms with Crippen molar-refractivity contribution in [1.82, 2.24) is 9.47 Å². The van der Waals surface area contributed by atoms with E-state index in [-0.39, 0.29) is 25.0 Å². The summed E-state index contributed by atoms with van der Waals surface area (Å²) in [5.41, 5.74) is 6.97. The lowest BCUT2D eigenvalue weighted by Gasteiger charge is -2.21. The predicted octanol–water partition coefficient (Wildman–Crippen LogP) is 6.49. The third-order valence-corrected chi connectivity index (χ3v) is 7.59. The zero-order chi connectivity index (χ0) is 27.6. The number of benzene rings is 4. The fourth-order valence-electron chi connectivity index (χ4n) is 5.44. The molecule has 1 aliphatic rings.